The maximum atomic E-state index is 11.6. The molecule has 94 valence electrons. The van der Waals surface area contributed by atoms with Gasteiger partial charge in [-0.25, -0.2) is 4.98 Å². The second-order valence-corrected chi connectivity index (χ2v) is 5.80. The summed E-state index contributed by atoms with van der Waals surface area (Å²) < 4.78 is 0. The van der Waals surface area contributed by atoms with Gasteiger partial charge in [0.05, 0.1) is 18.7 Å². The Labute approximate surface area is 118 Å². The molecule has 1 N–H and O–H groups in total. The highest BCUT2D eigenvalue weighted by atomic mass is 35.5. The molecule has 2 rings (SSSR count). The number of aromatic nitrogens is 1. The molecule has 3 nitrogen and oxygen atoms in total. The Balaban J connectivity index is 1.95. The number of rotatable bonds is 5. The van der Waals surface area contributed by atoms with Crippen LogP contribution in [0.4, 0.5) is 0 Å². The van der Waals surface area contributed by atoms with Crippen molar-refractivity contribution in [2.75, 3.05) is 6.54 Å². The predicted molar refractivity (Wildman–Crippen MR) is 77.1 cm³/mol. The number of carbonyl (C=O) groups excluding carboxylic acids is 1. The molecule has 0 spiro atoms. The number of hydrogen-bond acceptors (Lipinski definition) is 4. The van der Waals surface area contributed by atoms with Crippen LogP contribution < -0.4 is 5.32 Å². The van der Waals surface area contributed by atoms with Crippen molar-refractivity contribution >= 4 is 40.2 Å². The average molecular weight is 299 g/mol. The Morgan fingerprint density at radius 3 is 3.00 bits per heavy atom. The van der Waals surface area contributed by atoms with Gasteiger partial charge in [0.25, 0.3) is 0 Å². The van der Waals surface area contributed by atoms with Crippen LogP contribution in [-0.2, 0) is 11.2 Å². The monoisotopic (exact) mass is 298 g/mol. The summed E-state index contributed by atoms with van der Waals surface area (Å²) >= 11 is 8.75. The Morgan fingerprint density at radius 1 is 1.50 bits per heavy atom. The van der Waals surface area contributed by atoms with Gasteiger partial charge in [-0.15, -0.1) is 11.3 Å². The molecule has 0 atom stereocenters. The maximum Gasteiger partial charge on any atom is 0.226 e. The highest BCUT2D eigenvalue weighted by molar-refractivity contribution is 7.14. The van der Waals surface area contributed by atoms with Gasteiger partial charge in [0.1, 0.15) is 5.01 Å². The van der Waals surface area contributed by atoms with E-state index in [1.54, 1.807) is 22.7 Å². The third-order valence-electron chi connectivity index (χ3n) is 2.14. The summed E-state index contributed by atoms with van der Waals surface area (Å²) in [5.74, 6) is -0.0982. The Morgan fingerprint density at radius 2 is 2.33 bits per heavy atom. The lowest BCUT2D eigenvalue weighted by atomic mass is 10.3. The van der Waals surface area contributed by atoms with Crippen LogP contribution in [0.5, 0.6) is 0 Å². The van der Waals surface area contributed by atoms with Crippen LogP contribution in [0, 0.1) is 0 Å². The summed E-state index contributed by atoms with van der Waals surface area (Å²) in [5.41, 5.74) is 1.88. The molecule has 0 radical (unpaired) electrons. The smallest absolute Gasteiger partial charge is 0.226 e. The minimum Gasteiger partial charge on any atom is -0.351 e. The molecule has 0 saturated carbocycles. The first-order valence-corrected chi connectivity index (χ1v) is 7.42. The van der Waals surface area contributed by atoms with Crippen molar-refractivity contribution in [1.82, 2.24) is 10.3 Å². The van der Waals surface area contributed by atoms with Gasteiger partial charge < -0.3 is 5.32 Å². The van der Waals surface area contributed by atoms with Gasteiger partial charge in [-0.1, -0.05) is 18.2 Å². The topological polar surface area (TPSA) is 42.0 Å². The highest BCUT2D eigenvalue weighted by Gasteiger charge is 2.09. The molecule has 0 aliphatic heterocycles. The minimum atomic E-state index is -0.0982. The third-order valence-corrected chi connectivity index (χ3v) is 3.90. The van der Waals surface area contributed by atoms with E-state index in [0.29, 0.717) is 11.6 Å². The number of hydrogen-bond donors (Lipinski definition) is 1. The van der Waals surface area contributed by atoms with E-state index in [9.17, 15) is 4.79 Å². The second kappa shape index (κ2) is 6.13. The molecule has 6 heteroatoms. The van der Waals surface area contributed by atoms with Gasteiger partial charge >= 0.3 is 0 Å². The molecule has 2 aromatic rings. The van der Waals surface area contributed by atoms with E-state index < -0.39 is 0 Å². The van der Waals surface area contributed by atoms with Crippen molar-refractivity contribution in [2.45, 2.75) is 6.42 Å². The summed E-state index contributed by atoms with van der Waals surface area (Å²) in [6, 6.07) is 2.02. The van der Waals surface area contributed by atoms with E-state index >= 15 is 0 Å². The zero-order chi connectivity index (χ0) is 13.0. The molecule has 0 aromatic carbocycles. The molecule has 0 unspecified atom stereocenters. The fourth-order valence-corrected chi connectivity index (χ4v) is 2.93. The van der Waals surface area contributed by atoms with Gasteiger partial charge in [-0.2, -0.15) is 11.3 Å². The average Bonchev–Trinajstić information content (AvgIpc) is 2.95. The lowest BCUT2D eigenvalue weighted by Crippen LogP contribution is -2.26. The quantitative estimate of drug-likeness (QED) is 0.920. The third kappa shape index (κ3) is 3.66. The van der Waals surface area contributed by atoms with E-state index in [-0.39, 0.29) is 12.3 Å². The summed E-state index contributed by atoms with van der Waals surface area (Å²) in [6.45, 7) is 3.80. The van der Waals surface area contributed by atoms with Crippen LogP contribution in [0.3, 0.4) is 0 Å². The van der Waals surface area contributed by atoms with Crippen molar-refractivity contribution < 1.29 is 4.79 Å². The minimum absolute atomic E-state index is 0.0982. The van der Waals surface area contributed by atoms with Crippen LogP contribution in [0.2, 0.25) is 0 Å². The van der Waals surface area contributed by atoms with Crippen molar-refractivity contribution in [3.63, 3.8) is 0 Å². The normalized spacial score (nSPS) is 10.3. The first kappa shape index (κ1) is 13.3. The van der Waals surface area contributed by atoms with Crippen molar-refractivity contribution in [3.05, 3.63) is 39.5 Å². The summed E-state index contributed by atoms with van der Waals surface area (Å²) in [4.78, 5) is 16.0. The first-order valence-electron chi connectivity index (χ1n) is 5.22. The van der Waals surface area contributed by atoms with Crippen molar-refractivity contribution in [1.29, 1.82) is 0 Å². The lowest BCUT2D eigenvalue weighted by molar-refractivity contribution is -0.120. The Bertz CT molecular complexity index is 548. The number of nitrogens with one attached hydrogen (secondary N) is 1. The molecular weight excluding hydrogens is 288 g/mol. The van der Waals surface area contributed by atoms with Crippen LogP contribution in [0.15, 0.2) is 33.8 Å². The lowest BCUT2D eigenvalue weighted by Gasteiger charge is -2.01. The van der Waals surface area contributed by atoms with Crippen LogP contribution >= 0.6 is 34.3 Å². The summed E-state index contributed by atoms with van der Waals surface area (Å²) in [6.07, 6.45) is 0.269. The van der Waals surface area contributed by atoms with Crippen molar-refractivity contribution in [3.8, 4) is 10.6 Å². The Kier molecular flexibility index (Phi) is 4.52. The Hall–Kier alpha value is -1.17. The van der Waals surface area contributed by atoms with Gasteiger partial charge in [-0.3, -0.25) is 4.79 Å². The number of carbonyl (C=O) groups is 1. The largest absolute Gasteiger partial charge is 0.351 e. The van der Waals surface area contributed by atoms with Gasteiger partial charge in [0.2, 0.25) is 5.91 Å². The van der Waals surface area contributed by atoms with Gasteiger partial charge in [0, 0.05) is 21.4 Å². The number of thiazole rings is 1. The van der Waals surface area contributed by atoms with Crippen molar-refractivity contribution in [2.24, 2.45) is 0 Å². The van der Waals surface area contributed by atoms with Crippen LogP contribution in [-0.4, -0.2) is 17.4 Å². The van der Waals surface area contributed by atoms with E-state index in [0.717, 1.165) is 16.3 Å². The molecule has 0 aliphatic rings. The van der Waals surface area contributed by atoms with Gasteiger partial charge in [-0.05, 0) is 11.4 Å². The number of nitrogens with zero attached hydrogens (tertiary/aromatic N) is 1. The molecule has 0 bridgehead atoms. The first-order chi connectivity index (χ1) is 8.65. The fourth-order valence-electron chi connectivity index (χ4n) is 1.33. The molecule has 0 saturated heterocycles. The SMILES string of the molecule is C=C(Cl)CNC(=O)Cc1csc(-c2ccsc2)n1. The van der Waals surface area contributed by atoms with Gasteiger partial charge in [0.15, 0.2) is 0 Å². The standard InChI is InChI=1S/C12H11ClN2OS2/c1-8(13)5-14-11(16)4-10-7-18-12(15-10)9-2-3-17-6-9/h2-3,6-7H,1,4-5H2,(H,14,16). The highest BCUT2D eigenvalue weighted by Crippen LogP contribution is 2.25. The summed E-state index contributed by atoms with van der Waals surface area (Å²) in [5, 5.41) is 9.99. The zero-order valence-corrected chi connectivity index (χ0v) is 11.9. The number of amides is 1. The van der Waals surface area contributed by atoms with Crippen LogP contribution in [0.1, 0.15) is 5.69 Å². The van der Waals surface area contributed by atoms with E-state index in [1.807, 2.05) is 22.2 Å². The molecule has 1 amide bonds. The molecule has 2 aromatic heterocycles. The summed E-state index contributed by atoms with van der Waals surface area (Å²) in [7, 11) is 0. The molecular formula is C12H11ClN2OS2. The predicted octanol–water partition coefficient (Wildman–Crippen LogP) is 3.28. The molecule has 0 aliphatic carbocycles. The second-order valence-electron chi connectivity index (χ2n) is 3.63. The number of halogens is 1. The maximum absolute atomic E-state index is 11.6. The van der Waals surface area contributed by atoms with E-state index in [4.69, 9.17) is 11.6 Å². The van der Waals surface area contributed by atoms with E-state index in [1.165, 1.54) is 0 Å². The number of thiophene rings is 1. The molecule has 18 heavy (non-hydrogen) atoms. The zero-order valence-electron chi connectivity index (χ0n) is 9.48. The van der Waals surface area contributed by atoms with E-state index in [2.05, 4.69) is 16.9 Å². The fraction of sp³-hybridized carbons (Fsp3) is 0.167. The van der Waals surface area contributed by atoms with Crippen LogP contribution in [0.25, 0.3) is 10.6 Å². The molecule has 0 fully saturated rings. The molecule has 2 heterocycles.